The zero-order valence-corrected chi connectivity index (χ0v) is 6.04. The van der Waals surface area contributed by atoms with Crippen LogP contribution in [-0.2, 0) is 6.54 Å². The van der Waals surface area contributed by atoms with Gasteiger partial charge < -0.3 is 15.4 Å². The van der Waals surface area contributed by atoms with Gasteiger partial charge in [0.15, 0.2) is 11.0 Å². The molecule has 0 atom stereocenters. The monoisotopic (exact) mass is 161 g/mol. The highest BCUT2D eigenvalue weighted by Crippen LogP contribution is 2.15. The Morgan fingerprint density at radius 1 is 1.80 bits per heavy atom. The molecule has 56 valence electrons. The summed E-state index contributed by atoms with van der Waals surface area (Å²) in [6, 6.07) is 0. The Labute approximate surface area is 63.2 Å². The highest BCUT2D eigenvalue weighted by atomic mass is 35.5. The first-order valence-electron chi connectivity index (χ1n) is 2.82. The van der Waals surface area contributed by atoms with Crippen molar-refractivity contribution in [2.75, 3.05) is 12.3 Å². The lowest BCUT2D eigenvalue weighted by atomic mass is 10.6. The van der Waals surface area contributed by atoms with Crippen molar-refractivity contribution >= 4 is 17.4 Å². The number of hydrogen-bond donors (Lipinski definition) is 2. The quantitative estimate of drug-likeness (QED) is 0.647. The van der Waals surface area contributed by atoms with E-state index in [0.29, 0.717) is 17.5 Å². The van der Waals surface area contributed by atoms with Gasteiger partial charge in [0, 0.05) is 6.54 Å². The summed E-state index contributed by atoms with van der Waals surface area (Å²) in [5.41, 5.74) is 5.33. The van der Waals surface area contributed by atoms with E-state index >= 15 is 0 Å². The summed E-state index contributed by atoms with van der Waals surface area (Å²) in [4.78, 5) is 3.73. The second kappa shape index (κ2) is 2.90. The predicted molar refractivity (Wildman–Crippen MR) is 38.7 cm³/mol. The lowest BCUT2D eigenvalue weighted by molar-refractivity contribution is 0.276. The number of hydrogen-bond acceptors (Lipinski definition) is 3. The van der Waals surface area contributed by atoms with Crippen molar-refractivity contribution in [2.24, 2.45) is 0 Å². The van der Waals surface area contributed by atoms with Crippen molar-refractivity contribution < 1.29 is 5.11 Å². The molecule has 0 saturated heterocycles. The summed E-state index contributed by atoms with van der Waals surface area (Å²) in [5, 5.41) is 8.89. The average Bonchev–Trinajstić information content (AvgIpc) is 2.20. The SMILES string of the molecule is Nc1ncn(CCO)c1Cl. The van der Waals surface area contributed by atoms with E-state index in [2.05, 4.69) is 4.98 Å². The molecule has 5 heteroatoms. The number of nitrogens with zero attached hydrogens (tertiary/aromatic N) is 2. The molecule has 1 rings (SSSR count). The fourth-order valence-electron chi connectivity index (χ4n) is 0.647. The maximum absolute atomic E-state index is 8.51. The lowest BCUT2D eigenvalue weighted by Crippen LogP contribution is -2.00. The van der Waals surface area contributed by atoms with Gasteiger partial charge in [-0.25, -0.2) is 4.98 Å². The maximum atomic E-state index is 8.51. The fraction of sp³-hybridized carbons (Fsp3) is 0.400. The summed E-state index contributed by atoms with van der Waals surface area (Å²) in [6.07, 6.45) is 1.49. The second-order valence-electron chi connectivity index (χ2n) is 1.84. The predicted octanol–water partition coefficient (Wildman–Crippen LogP) is 0.111. The average molecular weight is 162 g/mol. The smallest absolute Gasteiger partial charge is 0.161 e. The molecule has 0 saturated carbocycles. The normalized spacial score (nSPS) is 10.2. The first kappa shape index (κ1) is 7.37. The first-order chi connectivity index (χ1) is 4.75. The molecular weight excluding hydrogens is 154 g/mol. The van der Waals surface area contributed by atoms with E-state index < -0.39 is 0 Å². The Morgan fingerprint density at radius 3 is 2.90 bits per heavy atom. The molecule has 0 aliphatic heterocycles. The van der Waals surface area contributed by atoms with Gasteiger partial charge in [-0.2, -0.15) is 0 Å². The lowest BCUT2D eigenvalue weighted by Gasteiger charge is -1.97. The zero-order chi connectivity index (χ0) is 7.56. The van der Waals surface area contributed by atoms with Crippen molar-refractivity contribution in [3.8, 4) is 0 Å². The van der Waals surface area contributed by atoms with E-state index in [4.69, 9.17) is 22.4 Å². The molecule has 0 aliphatic rings. The van der Waals surface area contributed by atoms with Crippen molar-refractivity contribution in [1.82, 2.24) is 9.55 Å². The topological polar surface area (TPSA) is 64.1 Å². The van der Waals surface area contributed by atoms with Crippen LogP contribution in [0.4, 0.5) is 5.82 Å². The van der Waals surface area contributed by atoms with E-state index in [-0.39, 0.29) is 6.61 Å². The highest BCUT2D eigenvalue weighted by Gasteiger charge is 2.02. The molecule has 0 radical (unpaired) electrons. The number of nitrogen functional groups attached to an aromatic ring is 1. The maximum Gasteiger partial charge on any atom is 0.161 e. The molecule has 0 aliphatic carbocycles. The van der Waals surface area contributed by atoms with Crippen LogP contribution < -0.4 is 5.73 Å². The van der Waals surface area contributed by atoms with Gasteiger partial charge in [0.05, 0.1) is 12.9 Å². The molecule has 1 aromatic rings. The Bertz CT molecular complexity index is 223. The summed E-state index contributed by atoms with van der Waals surface area (Å²) < 4.78 is 1.58. The number of aromatic nitrogens is 2. The molecule has 1 heterocycles. The summed E-state index contributed by atoms with van der Waals surface area (Å²) in [6.45, 7) is 0.471. The standard InChI is InChI=1S/C5H8ClN3O/c6-4-5(7)8-3-9(4)1-2-10/h3,10H,1-2,7H2. The second-order valence-corrected chi connectivity index (χ2v) is 2.20. The Kier molecular flexibility index (Phi) is 2.13. The Hall–Kier alpha value is -0.740. The van der Waals surface area contributed by atoms with Gasteiger partial charge in [0.1, 0.15) is 0 Å². The van der Waals surface area contributed by atoms with Crippen LogP contribution in [0.3, 0.4) is 0 Å². The van der Waals surface area contributed by atoms with E-state index in [0.717, 1.165) is 0 Å². The number of aliphatic hydroxyl groups excluding tert-OH is 1. The first-order valence-corrected chi connectivity index (χ1v) is 3.20. The molecule has 4 nitrogen and oxygen atoms in total. The number of rotatable bonds is 2. The van der Waals surface area contributed by atoms with Crippen molar-refractivity contribution in [1.29, 1.82) is 0 Å². The van der Waals surface area contributed by atoms with E-state index in [1.807, 2.05) is 0 Å². The summed E-state index contributed by atoms with van der Waals surface area (Å²) in [5.74, 6) is 0.301. The van der Waals surface area contributed by atoms with Crippen molar-refractivity contribution in [2.45, 2.75) is 6.54 Å². The minimum Gasteiger partial charge on any atom is -0.395 e. The molecule has 10 heavy (non-hydrogen) atoms. The minimum absolute atomic E-state index is 0.0372. The summed E-state index contributed by atoms with van der Waals surface area (Å²) >= 11 is 5.65. The van der Waals surface area contributed by atoms with E-state index in [1.165, 1.54) is 6.33 Å². The van der Waals surface area contributed by atoms with Crippen molar-refractivity contribution in [3.05, 3.63) is 11.5 Å². The van der Waals surface area contributed by atoms with Gasteiger partial charge in [0.25, 0.3) is 0 Å². The van der Waals surface area contributed by atoms with Crippen LogP contribution in [-0.4, -0.2) is 21.3 Å². The summed E-state index contributed by atoms with van der Waals surface area (Å²) in [7, 11) is 0. The van der Waals surface area contributed by atoms with Crippen LogP contribution in [0.25, 0.3) is 0 Å². The van der Waals surface area contributed by atoms with Gasteiger partial charge in [-0.3, -0.25) is 0 Å². The van der Waals surface area contributed by atoms with Crippen LogP contribution in [0.1, 0.15) is 0 Å². The van der Waals surface area contributed by atoms with Crippen LogP contribution in [0.2, 0.25) is 5.15 Å². The third-order valence-electron chi connectivity index (χ3n) is 1.14. The van der Waals surface area contributed by atoms with Crippen molar-refractivity contribution in [3.63, 3.8) is 0 Å². The van der Waals surface area contributed by atoms with Gasteiger partial charge in [0.2, 0.25) is 0 Å². The third kappa shape index (κ3) is 1.22. The highest BCUT2D eigenvalue weighted by molar-refractivity contribution is 6.31. The van der Waals surface area contributed by atoms with Crippen LogP contribution in [0, 0.1) is 0 Å². The zero-order valence-electron chi connectivity index (χ0n) is 5.29. The van der Waals surface area contributed by atoms with Gasteiger partial charge >= 0.3 is 0 Å². The van der Waals surface area contributed by atoms with Crippen LogP contribution >= 0.6 is 11.6 Å². The molecule has 0 spiro atoms. The number of aliphatic hydroxyl groups is 1. The van der Waals surface area contributed by atoms with Crippen LogP contribution in [0.15, 0.2) is 6.33 Å². The largest absolute Gasteiger partial charge is 0.395 e. The number of nitrogens with two attached hydrogens (primary N) is 1. The number of halogens is 1. The molecule has 0 amide bonds. The number of imidazole rings is 1. The molecule has 0 aromatic carbocycles. The molecular formula is C5H8ClN3O. The third-order valence-corrected chi connectivity index (χ3v) is 1.55. The Balaban J connectivity index is 2.83. The Morgan fingerprint density at radius 2 is 2.50 bits per heavy atom. The molecule has 1 aromatic heterocycles. The van der Waals surface area contributed by atoms with Crippen LogP contribution in [0.5, 0.6) is 0 Å². The van der Waals surface area contributed by atoms with Gasteiger partial charge in [-0.1, -0.05) is 11.6 Å². The molecule has 0 bridgehead atoms. The van der Waals surface area contributed by atoms with Gasteiger partial charge in [-0.05, 0) is 0 Å². The van der Waals surface area contributed by atoms with E-state index in [1.54, 1.807) is 4.57 Å². The molecule has 3 N–H and O–H groups in total. The fourth-order valence-corrected chi connectivity index (χ4v) is 0.824. The molecule has 0 fully saturated rings. The minimum atomic E-state index is 0.0372. The van der Waals surface area contributed by atoms with Gasteiger partial charge in [-0.15, -0.1) is 0 Å². The van der Waals surface area contributed by atoms with E-state index in [9.17, 15) is 0 Å². The number of anilines is 1. The molecule has 0 unspecified atom stereocenters.